The molecule has 6 amide bonds. The number of ether oxygens (including phenoxy) is 12. The van der Waals surface area contributed by atoms with Crippen LogP contribution in [0.15, 0.2) is 163 Å². The number of hydrogen-bond acceptors (Lipinski definition) is 25. The van der Waals surface area contributed by atoms with Crippen molar-refractivity contribution in [3.8, 4) is 22.6 Å². The third kappa shape index (κ3) is 26.8. The molecular formula is C118H167N5O25S2. The molecule has 16 atom stereocenters. The van der Waals surface area contributed by atoms with E-state index in [1.165, 1.54) is 28.1 Å². The summed E-state index contributed by atoms with van der Waals surface area (Å²) in [6.07, 6.45) is 5.94. The Morgan fingerprint density at radius 3 is 1.57 bits per heavy atom. The van der Waals surface area contributed by atoms with Crippen molar-refractivity contribution in [2.45, 2.75) is 347 Å². The molecule has 1 N–H and O–H groups in total. The molecule has 7 aromatic carbocycles. The first-order valence-corrected chi connectivity index (χ1v) is 55.7. The monoisotopic (exact) mass is 2120 g/mol. The summed E-state index contributed by atoms with van der Waals surface area (Å²) in [6, 6.07) is 49.4. The molecule has 7 heterocycles. The highest BCUT2D eigenvalue weighted by Crippen LogP contribution is 2.70. The predicted octanol–water partition coefficient (Wildman–Crippen LogP) is 21.6. The molecule has 32 heteroatoms. The number of phenolic OH excluding ortho intramolecular Hbond substituents is 1. The van der Waals surface area contributed by atoms with Gasteiger partial charge in [0.2, 0.25) is 33.7 Å². The molecule has 3 aliphatic carbocycles. The molecule has 150 heavy (non-hydrogen) atoms. The fourth-order valence-electron chi connectivity index (χ4n) is 22.0. The molecule has 0 aromatic heterocycles. The highest BCUT2D eigenvalue weighted by molar-refractivity contribution is 7.90. The summed E-state index contributed by atoms with van der Waals surface area (Å²) in [5.41, 5.74) is 1.53. The lowest BCUT2D eigenvalue weighted by Gasteiger charge is -2.44. The molecule has 3 saturated carbocycles. The fraction of sp³-hybridized carbons (Fsp3) is 0.610. The molecular weight excluding hydrogens is 1950 g/mol. The van der Waals surface area contributed by atoms with Gasteiger partial charge in [-0.1, -0.05) is 236 Å². The molecule has 1 spiro atoms. The Hall–Kier alpha value is -9.84. The van der Waals surface area contributed by atoms with E-state index >= 15 is 0 Å². The van der Waals surface area contributed by atoms with Crippen LogP contribution in [0.3, 0.4) is 0 Å². The Morgan fingerprint density at radius 2 is 1.04 bits per heavy atom. The normalized spacial score (nSPS) is 26.4. The molecule has 6 saturated heterocycles. The lowest BCUT2D eigenvalue weighted by atomic mass is 9.64. The maximum absolute atomic E-state index is 12.7. The van der Waals surface area contributed by atoms with Crippen molar-refractivity contribution in [2.75, 3.05) is 60.4 Å². The summed E-state index contributed by atoms with van der Waals surface area (Å²) >= 11 is 0. The molecule has 826 valence electrons. The van der Waals surface area contributed by atoms with Gasteiger partial charge in [-0.05, 0) is 228 Å². The average molecular weight is 2120 g/mol. The largest absolute Gasteiger partial charge is 0.507 e. The second kappa shape index (κ2) is 47.2. The number of imide groups is 1. The molecule has 7 aromatic rings. The van der Waals surface area contributed by atoms with Crippen LogP contribution in [0.5, 0.6) is 11.5 Å². The van der Waals surface area contributed by atoms with Crippen molar-refractivity contribution in [3.63, 3.8) is 0 Å². The molecule has 9 fully saturated rings. The second-order valence-electron chi connectivity index (χ2n) is 49.1. The van der Waals surface area contributed by atoms with Crippen LogP contribution in [-0.2, 0) is 111 Å². The van der Waals surface area contributed by atoms with Gasteiger partial charge in [-0.15, -0.1) is 0 Å². The SMILES string of the molecule is CC(=O)N1C(=O)N(C)C(C)C1c1ccccc1.CC(C)(C)C(=O)N1C2CC3CCC2(CS1(=O)=O)C3(C)C.CC(C)(C)C(=O)Oc1ccc2ccccc2c1-c1c(O)ccc2ccccc12.CC(C)C(=O)N1C(C)c2ccccc2S1(=O)=O.CC1(C)OC2O[C@H](COC(=O)C(C)(C)C)[C@@H]3OC(C)(C)O[C@@H]3C2O1.CC1CCC(C(C)(C)c2ccccc2)C(OC(=O)C(C)(C)C)C1.COCOCC1CC[C@@H](COCOC)N1C(=O)C(C)(C)C. The number of amides is 6. The maximum atomic E-state index is 12.7. The predicted molar refractivity (Wildman–Crippen MR) is 576 cm³/mol. The van der Waals surface area contributed by atoms with Crippen molar-refractivity contribution in [1.29, 1.82) is 0 Å². The summed E-state index contributed by atoms with van der Waals surface area (Å²) in [7, 11) is -2.21. The Morgan fingerprint density at radius 1 is 0.533 bits per heavy atom. The first kappa shape index (κ1) is 120. The van der Waals surface area contributed by atoms with Gasteiger partial charge < -0.3 is 71.7 Å². The van der Waals surface area contributed by atoms with Crippen LogP contribution >= 0.6 is 0 Å². The second-order valence-corrected chi connectivity index (χ2v) is 52.7. The number of methoxy groups -OCH3 is 2. The van der Waals surface area contributed by atoms with E-state index in [0.29, 0.717) is 47.8 Å². The van der Waals surface area contributed by atoms with Crippen LogP contribution in [0.25, 0.3) is 32.7 Å². The van der Waals surface area contributed by atoms with E-state index < -0.39 is 77.1 Å². The number of esters is 3. The quantitative estimate of drug-likeness (QED) is 0.0383. The van der Waals surface area contributed by atoms with Gasteiger partial charge in [-0.3, -0.25) is 38.5 Å². The van der Waals surface area contributed by atoms with E-state index in [2.05, 4.69) is 65.0 Å². The van der Waals surface area contributed by atoms with Crippen LogP contribution < -0.4 is 4.74 Å². The van der Waals surface area contributed by atoms with Gasteiger partial charge in [-0.2, -0.15) is 0 Å². The maximum Gasteiger partial charge on any atom is 0.327 e. The number of carbonyl (C=O) groups is 8. The summed E-state index contributed by atoms with van der Waals surface area (Å²) < 4.78 is 120. The van der Waals surface area contributed by atoms with Crippen molar-refractivity contribution < 1.29 is 117 Å². The van der Waals surface area contributed by atoms with E-state index in [9.17, 15) is 60.3 Å². The Labute approximate surface area is 890 Å². The van der Waals surface area contributed by atoms with Crippen LogP contribution in [0.4, 0.5) is 4.79 Å². The lowest BCUT2D eigenvalue weighted by molar-refractivity contribution is -0.243. The molecule has 12 unspecified atom stereocenters. The summed E-state index contributed by atoms with van der Waals surface area (Å²) in [6.45, 7) is 56.6. The number of phenols is 1. The minimum absolute atomic E-state index is 0.00420. The number of likely N-dealkylation sites (N-methyl/N-ethyl adjacent to an activating group) is 1. The highest BCUT2D eigenvalue weighted by atomic mass is 32.2. The molecule has 7 aliphatic heterocycles. The third-order valence-corrected chi connectivity index (χ3v) is 34.4. The molecule has 10 aliphatic rings. The van der Waals surface area contributed by atoms with Gasteiger partial charge in [0.05, 0.1) is 76.4 Å². The number of carbonyl (C=O) groups excluding carboxylic acids is 8. The average Bonchev–Trinajstić information content (AvgIpc) is 1.50. The zero-order chi connectivity index (χ0) is 111. The molecule has 17 rings (SSSR count). The summed E-state index contributed by atoms with van der Waals surface area (Å²) in [5.74, 6) is -0.871. The number of hydrogen-bond donors (Lipinski definition) is 1. The fourth-order valence-corrected chi connectivity index (χ4v) is 26.7. The Bertz CT molecular complexity index is 6140. The van der Waals surface area contributed by atoms with Gasteiger partial charge in [0.15, 0.2) is 17.9 Å². The van der Waals surface area contributed by atoms with Gasteiger partial charge >= 0.3 is 23.9 Å². The lowest BCUT2D eigenvalue weighted by Crippen LogP contribution is -2.56. The zero-order valence-electron chi connectivity index (χ0n) is 94.4. The number of fused-ring (bicyclic) bond motifs is 7. The van der Waals surface area contributed by atoms with E-state index in [4.69, 9.17) is 56.8 Å². The van der Waals surface area contributed by atoms with Crippen molar-refractivity contribution in [3.05, 3.63) is 174 Å². The Balaban J connectivity index is 0.000000167. The topological polar surface area (TPSA) is 352 Å². The van der Waals surface area contributed by atoms with E-state index in [1.807, 2.05) is 220 Å². The smallest absolute Gasteiger partial charge is 0.327 e. The first-order valence-electron chi connectivity index (χ1n) is 52.7. The minimum Gasteiger partial charge on any atom is -0.507 e. The number of aromatic hydroxyl groups is 1. The number of sulfonamides is 2. The van der Waals surface area contributed by atoms with Gasteiger partial charge in [0, 0.05) is 67.4 Å². The zero-order valence-corrected chi connectivity index (χ0v) is 96.1. The number of urea groups is 1. The van der Waals surface area contributed by atoms with E-state index in [-0.39, 0.29) is 161 Å². The minimum atomic E-state index is -3.66. The van der Waals surface area contributed by atoms with Gasteiger partial charge in [0.25, 0.3) is 10.0 Å². The van der Waals surface area contributed by atoms with Gasteiger partial charge in [0.1, 0.15) is 62.2 Å². The van der Waals surface area contributed by atoms with Crippen molar-refractivity contribution >= 4 is 89.2 Å². The number of likely N-dealkylation sites (tertiary alicyclic amines) is 1. The number of benzene rings is 7. The first-order chi connectivity index (χ1) is 69.6. The van der Waals surface area contributed by atoms with Crippen LogP contribution in [-0.4, -0.2) is 226 Å². The summed E-state index contributed by atoms with van der Waals surface area (Å²) in [5, 5.41) is 14.7. The van der Waals surface area contributed by atoms with Crippen molar-refractivity contribution in [1.82, 2.24) is 23.3 Å². The third-order valence-electron chi connectivity index (χ3n) is 30.5. The standard InChI is InChI=1S/C25H22O3.C21H32O2.C17H28O7.C15H29NO5.C15H25NO3S.C13H16N2O2.C12H15NO3S/c1-25(2,3)24(27)28-21-15-13-17-9-5-7-11-19(17)23(21)22-18-10-6-4-8-16(18)12-14-20(22)26;1-15-12-13-17(18(14-15)23-19(22)20(2,3)4)21(5,6)16-10-8-7-9-11-16;1-15(2,3)14(18)19-8-9-10-11(22-16(4,5)21-10)12-13(20-9)24-17(6,7)23-12;1-15(2,3)14(17)16-12(8-20-10-18-4)6-7-13(16)9-21-11-19-5;1-13(2,3)12(17)16-11-8-10-6-7-15(11,14(10,4)5)9-20(16,18)19;1-9-12(11-7-5-4-6-8-11)15(10(2)16)13(17)14(9)3;1-8(2)12(14)13-9(3)10-6-4-5-7-11(10)17(13,15)16/h4-15,26H,1-3H3;7-11,15,17-18H,12-14H2,1-6H3;9-13H,8H2,1-7H3;12-13H,6-11H2,1-5H3;10-11H,6-9H2,1-5H3;4-9,12H,1-3H3;4-9H,1-3H3/t;;9-,10+,11+,12?,13?;12-,13?;;;/m..10.../s1. The van der Waals surface area contributed by atoms with E-state index in [1.54, 1.807) is 98.0 Å². The molecule has 0 radical (unpaired) electrons. The van der Waals surface area contributed by atoms with E-state index in [0.717, 1.165) is 81.9 Å². The van der Waals surface area contributed by atoms with Crippen LogP contribution in [0, 0.1) is 61.6 Å². The summed E-state index contributed by atoms with van der Waals surface area (Å²) in [4.78, 5) is 103. The van der Waals surface area contributed by atoms with Crippen LogP contribution in [0.2, 0.25) is 0 Å². The van der Waals surface area contributed by atoms with Crippen molar-refractivity contribution in [2.24, 2.45) is 61.6 Å². The molecule has 2 bridgehead atoms. The number of rotatable bonds is 17. The van der Waals surface area contributed by atoms with Gasteiger partial charge in [-0.25, -0.2) is 30.2 Å². The number of nitrogens with zero attached hydrogens (tertiary/aromatic N) is 5. The van der Waals surface area contributed by atoms with Crippen LogP contribution in [0.1, 0.15) is 281 Å². The Kier molecular flexibility index (Phi) is 37.9. The highest BCUT2D eigenvalue weighted by Gasteiger charge is 2.73. The molecule has 30 nitrogen and oxygen atoms in total.